The van der Waals surface area contributed by atoms with Crippen LogP contribution in [0.2, 0.25) is 0 Å². The lowest BCUT2D eigenvalue weighted by molar-refractivity contribution is 0.314. The summed E-state index contributed by atoms with van der Waals surface area (Å²) >= 11 is 1.69. The molecule has 20 heavy (non-hydrogen) atoms. The van der Waals surface area contributed by atoms with E-state index in [9.17, 15) is 0 Å². The molecule has 2 rings (SSSR count). The Labute approximate surface area is 124 Å². The van der Waals surface area contributed by atoms with Crippen LogP contribution in [-0.2, 0) is 19.5 Å². The van der Waals surface area contributed by atoms with Gasteiger partial charge in [0.25, 0.3) is 0 Å². The van der Waals surface area contributed by atoms with E-state index < -0.39 is 0 Å². The molecule has 0 unspecified atom stereocenters. The van der Waals surface area contributed by atoms with Crippen molar-refractivity contribution in [2.75, 3.05) is 20.7 Å². The SMILES string of the molecule is COc1cccc(CN(C)Cc2csc(CCN)n2)c1. The molecule has 0 atom stereocenters. The van der Waals surface area contributed by atoms with Crippen molar-refractivity contribution >= 4 is 11.3 Å². The molecular weight excluding hydrogens is 270 g/mol. The van der Waals surface area contributed by atoms with Crippen molar-refractivity contribution in [1.82, 2.24) is 9.88 Å². The summed E-state index contributed by atoms with van der Waals surface area (Å²) in [5, 5.41) is 3.24. The van der Waals surface area contributed by atoms with Gasteiger partial charge in [0.05, 0.1) is 17.8 Å². The molecule has 2 N–H and O–H groups in total. The van der Waals surface area contributed by atoms with Gasteiger partial charge in [-0.25, -0.2) is 4.98 Å². The third-order valence-electron chi connectivity index (χ3n) is 2.98. The van der Waals surface area contributed by atoms with E-state index >= 15 is 0 Å². The lowest BCUT2D eigenvalue weighted by Gasteiger charge is -2.15. The molecule has 0 saturated carbocycles. The number of rotatable bonds is 7. The molecule has 0 saturated heterocycles. The van der Waals surface area contributed by atoms with Gasteiger partial charge in [-0.3, -0.25) is 4.90 Å². The molecule has 0 bridgehead atoms. The molecule has 0 fully saturated rings. The molecule has 0 radical (unpaired) electrons. The summed E-state index contributed by atoms with van der Waals surface area (Å²) in [7, 11) is 3.79. The van der Waals surface area contributed by atoms with Crippen LogP contribution in [0, 0.1) is 0 Å². The molecule has 1 aromatic heterocycles. The number of benzene rings is 1. The highest BCUT2D eigenvalue weighted by Gasteiger charge is 2.06. The van der Waals surface area contributed by atoms with E-state index in [2.05, 4.69) is 34.4 Å². The van der Waals surface area contributed by atoms with Crippen molar-refractivity contribution in [1.29, 1.82) is 0 Å². The van der Waals surface area contributed by atoms with Crippen LogP contribution < -0.4 is 10.5 Å². The zero-order valence-electron chi connectivity index (χ0n) is 12.0. The van der Waals surface area contributed by atoms with Crippen molar-refractivity contribution in [3.8, 4) is 5.75 Å². The maximum Gasteiger partial charge on any atom is 0.119 e. The largest absolute Gasteiger partial charge is 0.497 e. The van der Waals surface area contributed by atoms with Crippen LogP contribution in [0.4, 0.5) is 0 Å². The minimum Gasteiger partial charge on any atom is -0.497 e. The van der Waals surface area contributed by atoms with Gasteiger partial charge >= 0.3 is 0 Å². The van der Waals surface area contributed by atoms with Crippen LogP contribution >= 0.6 is 11.3 Å². The fraction of sp³-hybridized carbons (Fsp3) is 0.400. The average Bonchev–Trinajstić information content (AvgIpc) is 2.86. The summed E-state index contributed by atoms with van der Waals surface area (Å²) in [6, 6.07) is 8.16. The highest BCUT2D eigenvalue weighted by atomic mass is 32.1. The molecule has 5 heteroatoms. The second-order valence-electron chi connectivity index (χ2n) is 4.80. The van der Waals surface area contributed by atoms with E-state index in [1.54, 1.807) is 18.4 Å². The van der Waals surface area contributed by atoms with Gasteiger partial charge in [0.2, 0.25) is 0 Å². The van der Waals surface area contributed by atoms with Gasteiger partial charge in [0.15, 0.2) is 0 Å². The summed E-state index contributed by atoms with van der Waals surface area (Å²) in [4.78, 5) is 6.83. The van der Waals surface area contributed by atoms with E-state index in [0.29, 0.717) is 6.54 Å². The Hall–Kier alpha value is -1.43. The predicted molar refractivity (Wildman–Crippen MR) is 83.0 cm³/mol. The zero-order valence-corrected chi connectivity index (χ0v) is 12.8. The monoisotopic (exact) mass is 291 g/mol. The first kappa shape index (κ1) is 15.0. The number of hydrogen-bond acceptors (Lipinski definition) is 5. The predicted octanol–water partition coefficient (Wildman–Crippen LogP) is 2.28. The number of thiazole rings is 1. The van der Waals surface area contributed by atoms with Gasteiger partial charge < -0.3 is 10.5 Å². The number of hydrogen-bond donors (Lipinski definition) is 1. The first-order valence-corrected chi connectivity index (χ1v) is 7.54. The molecule has 0 spiro atoms. The Morgan fingerprint density at radius 3 is 2.95 bits per heavy atom. The van der Waals surface area contributed by atoms with E-state index in [-0.39, 0.29) is 0 Å². The Kier molecular flexibility index (Phi) is 5.52. The van der Waals surface area contributed by atoms with Crippen molar-refractivity contribution in [2.45, 2.75) is 19.5 Å². The Bertz CT molecular complexity index is 541. The molecule has 1 aromatic carbocycles. The summed E-state index contributed by atoms with van der Waals surface area (Å²) in [5.74, 6) is 0.898. The molecule has 4 nitrogen and oxygen atoms in total. The third-order valence-corrected chi connectivity index (χ3v) is 3.93. The molecule has 108 valence electrons. The molecule has 0 aliphatic heterocycles. The smallest absolute Gasteiger partial charge is 0.119 e. The Balaban J connectivity index is 1.92. The molecule has 2 aromatic rings. The number of ether oxygens (including phenoxy) is 1. The summed E-state index contributed by atoms with van der Waals surface area (Å²) in [6.07, 6.45) is 0.865. The van der Waals surface area contributed by atoms with Gasteiger partial charge in [-0.2, -0.15) is 0 Å². The molecule has 0 aliphatic rings. The van der Waals surface area contributed by atoms with Gasteiger partial charge in [-0.05, 0) is 31.3 Å². The summed E-state index contributed by atoms with van der Waals surface area (Å²) in [6.45, 7) is 2.38. The molecule has 1 heterocycles. The lowest BCUT2D eigenvalue weighted by atomic mass is 10.2. The van der Waals surface area contributed by atoms with Crippen molar-refractivity contribution in [3.05, 3.63) is 45.9 Å². The molecule has 0 amide bonds. The minimum absolute atomic E-state index is 0.659. The summed E-state index contributed by atoms with van der Waals surface area (Å²) in [5.41, 5.74) is 7.90. The van der Waals surface area contributed by atoms with Crippen molar-refractivity contribution in [2.24, 2.45) is 5.73 Å². The van der Waals surface area contributed by atoms with Crippen LogP contribution in [0.1, 0.15) is 16.3 Å². The van der Waals surface area contributed by atoms with Crippen molar-refractivity contribution in [3.63, 3.8) is 0 Å². The highest BCUT2D eigenvalue weighted by molar-refractivity contribution is 7.09. The van der Waals surface area contributed by atoms with Gasteiger partial charge in [-0.1, -0.05) is 12.1 Å². The van der Waals surface area contributed by atoms with E-state index in [0.717, 1.165) is 36.0 Å². The normalized spacial score (nSPS) is 11.0. The maximum atomic E-state index is 5.54. The Morgan fingerprint density at radius 1 is 1.35 bits per heavy atom. The Morgan fingerprint density at radius 2 is 2.20 bits per heavy atom. The average molecular weight is 291 g/mol. The standard InChI is InChI=1S/C15H21N3OS/c1-18(9-12-4-3-5-14(8-12)19-2)10-13-11-20-15(17-13)6-7-16/h3-5,8,11H,6-7,9-10,16H2,1-2H3. The third kappa shape index (κ3) is 4.30. The van der Waals surface area contributed by atoms with Crippen LogP contribution in [0.3, 0.4) is 0 Å². The van der Waals surface area contributed by atoms with Crippen LogP contribution in [0.25, 0.3) is 0 Å². The topological polar surface area (TPSA) is 51.4 Å². The summed E-state index contributed by atoms with van der Waals surface area (Å²) < 4.78 is 5.24. The fourth-order valence-electron chi connectivity index (χ4n) is 2.07. The minimum atomic E-state index is 0.659. The number of nitrogens with two attached hydrogens (primary N) is 1. The molecule has 0 aliphatic carbocycles. The fourth-order valence-corrected chi connectivity index (χ4v) is 2.88. The van der Waals surface area contributed by atoms with Crippen LogP contribution in [-0.4, -0.2) is 30.6 Å². The van der Waals surface area contributed by atoms with E-state index in [1.165, 1.54) is 5.56 Å². The van der Waals surface area contributed by atoms with Gasteiger partial charge in [0, 0.05) is 24.9 Å². The highest BCUT2D eigenvalue weighted by Crippen LogP contribution is 2.16. The lowest BCUT2D eigenvalue weighted by Crippen LogP contribution is -2.17. The molecular formula is C15H21N3OS. The zero-order chi connectivity index (χ0) is 14.4. The van der Waals surface area contributed by atoms with E-state index in [4.69, 9.17) is 10.5 Å². The van der Waals surface area contributed by atoms with Crippen LogP contribution in [0.15, 0.2) is 29.6 Å². The first-order chi connectivity index (χ1) is 9.71. The number of methoxy groups -OCH3 is 1. The quantitative estimate of drug-likeness (QED) is 0.850. The van der Waals surface area contributed by atoms with Gasteiger partial charge in [0.1, 0.15) is 5.75 Å². The number of aromatic nitrogens is 1. The second-order valence-corrected chi connectivity index (χ2v) is 5.74. The maximum absolute atomic E-state index is 5.54. The number of nitrogens with zero attached hydrogens (tertiary/aromatic N) is 2. The first-order valence-electron chi connectivity index (χ1n) is 6.66. The van der Waals surface area contributed by atoms with Gasteiger partial charge in [-0.15, -0.1) is 11.3 Å². The van der Waals surface area contributed by atoms with Crippen LogP contribution in [0.5, 0.6) is 5.75 Å². The van der Waals surface area contributed by atoms with E-state index in [1.807, 2.05) is 12.1 Å². The van der Waals surface area contributed by atoms with Crippen molar-refractivity contribution < 1.29 is 4.74 Å². The second kappa shape index (κ2) is 7.38.